The SMILES string of the molecule is Cc1cccnc1[C@H](N)CCCO. The second kappa shape index (κ2) is 4.94. The van der Waals surface area contributed by atoms with E-state index in [1.54, 1.807) is 6.20 Å². The van der Waals surface area contributed by atoms with Gasteiger partial charge in [-0.15, -0.1) is 0 Å². The minimum atomic E-state index is -0.0478. The first kappa shape index (κ1) is 10.2. The first-order chi connectivity index (χ1) is 6.25. The van der Waals surface area contributed by atoms with Gasteiger partial charge in [0, 0.05) is 18.8 Å². The van der Waals surface area contributed by atoms with E-state index in [0.29, 0.717) is 0 Å². The first-order valence-electron chi connectivity index (χ1n) is 4.53. The minimum Gasteiger partial charge on any atom is -0.396 e. The highest BCUT2D eigenvalue weighted by Crippen LogP contribution is 2.16. The third kappa shape index (κ3) is 2.79. The lowest BCUT2D eigenvalue weighted by molar-refractivity contribution is 0.279. The highest BCUT2D eigenvalue weighted by atomic mass is 16.2. The highest BCUT2D eigenvalue weighted by Gasteiger charge is 2.08. The number of aliphatic hydroxyl groups is 1. The van der Waals surface area contributed by atoms with E-state index >= 15 is 0 Å². The molecule has 0 radical (unpaired) electrons. The van der Waals surface area contributed by atoms with Crippen LogP contribution in [-0.4, -0.2) is 16.7 Å². The molecule has 1 aromatic heterocycles. The summed E-state index contributed by atoms with van der Waals surface area (Å²) in [6.07, 6.45) is 3.27. The molecule has 0 unspecified atom stereocenters. The number of aliphatic hydroxyl groups excluding tert-OH is 1. The quantitative estimate of drug-likeness (QED) is 0.731. The van der Waals surface area contributed by atoms with Crippen molar-refractivity contribution in [2.45, 2.75) is 25.8 Å². The van der Waals surface area contributed by atoms with Crippen molar-refractivity contribution in [2.75, 3.05) is 6.61 Å². The molecule has 0 fully saturated rings. The van der Waals surface area contributed by atoms with E-state index in [4.69, 9.17) is 10.8 Å². The maximum Gasteiger partial charge on any atom is 0.0600 e. The number of pyridine rings is 1. The van der Waals surface area contributed by atoms with Gasteiger partial charge in [0.05, 0.1) is 5.69 Å². The summed E-state index contributed by atoms with van der Waals surface area (Å²) in [7, 11) is 0. The van der Waals surface area contributed by atoms with Gasteiger partial charge in [-0.05, 0) is 31.4 Å². The van der Waals surface area contributed by atoms with Crippen molar-refractivity contribution in [3.05, 3.63) is 29.6 Å². The molecule has 13 heavy (non-hydrogen) atoms. The fraction of sp³-hybridized carbons (Fsp3) is 0.500. The zero-order valence-electron chi connectivity index (χ0n) is 7.90. The van der Waals surface area contributed by atoms with Crippen molar-refractivity contribution in [1.29, 1.82) is 0 Å². The second-order valence-electron chi connectivity index (χ2n) is 3.18. The van der Waals surface area contributed by atoms with Crippen molar-refractivity contribution in [2.24, 2.45) is 5.73 Å². The summed E-state index contributed by atoms with van der Waals surface area (Å²) in [5.74, 6) is 0. The first-order valence-corrected chi connectivity index (χ1v) is 4.53. The van der Waals surface area contributed by atoms with E-state index in [-0.39, 0.29) is 12.6 Å². The van der Waals surface area contributed by atoms with Crippen LogP contribution in [0.15, 0.2) is 18.3 Å². The van der Waals surface area contributed by atoms with Gasteiger partial charge in [0.1, 0.15) is 0 Å². The van der Waals surface area contributed by atoms with Crippen molar-refractivity contribution in [1.82, 2.24) is 4.98 Å². The summed E-state index contributed by atoms with van der Waals surface area (Å²) in [5.41, 5.74) is 7.97. The van der Waals surface area contributed by atoms with Gasteiger partial charge in [0.25, 0.3) is 0 Å². The van der Waals surface area contributed by atoms with E-state index < -0.39 is 0 Å². The third-order valence-corrected chi connectivity index (χ3v) is 2.07. The Kier molecular flexibility index (Phi) is 3.86. The predicted molar refractivity (Wildman–Crippen MR) is 52.2 cm³/mol. The third-order valence-electron chi connectivity index (χ3n) is 2.07. The summed E-state index contributed by atoms with van der Waals surface area (Å²) < 4.78 is 0. The van der Waals surface area contributed by atoms with Crippen LogP contribution in [0.2, 0.25) is 0 Å². The molecule has 1 heterocycles. The Morgan fingerprint density at radius 1 is 1.62 bits per heavy atom. The van der Waals surface area contributed by atoms with E-state index in [1.807, 2.05) is 19.1 Å². The van der Waals surface area contributed by atoms with E-state index in [9.17, 15) is 0 Å². The number of aryl methyl sites for hydroxylation is 1. The van der Waals surface area contributed by atoms with Crippen LogP contribution in [0.5, 0.6) is 0 Å². The lowest BCUT2D eigenvalue weighted by Crippen LogP contribution is -2.13. The van der Waals surface area contributed by atoms with Crippen LogP contribution < -0.4 is 5.73 Å². The normalized spacial score (nSPS) is 12.8. The summed E-state index contributed by atoms with van der Waals surface area (Å²) in [4.78, 5) is 4.22. The average Bonchev–Trinajstić information content (AvgIpc) is 2.15. The summed E-state index contributed by atoms with van der Waals surface area (Å²) in [6.45, 7) is 2.20. The van der Waals surface area contributed by atoms with Crippen LogP contribution in [0.3, 0.4) is 0 Å². The molecule has 1 aromatic rings. The van der Waals surface area contributed by atoms with E-state index in [2.05, 4.69) is 4.98 Å². The van der Waals surface area contributed by atoms with Gasteiger partial charge in [0.15, 0.2) is 0 Å². The Labute approximate surface area is 78.6 Å². The number of aromatic nitrogens is 1. The van der Waals surface area contributed by atoms with Crippen LogP contribution in [0.1, 0.15) is 30.1 Å². The molecule has 3 N–H and O–H groups in total. The zero-order chi connectivity index (χ0) is 9.68. The number of hydrogen-bond acceptors (Lipinski definition) is 3. The molecular formula is C10H16N2O. The Morgan fingerprint density at radius 2 is 2.38 bits per heavy atom. The predicted octanol–water partition coefficient (Wildman–Crippen LogP) is 1.16. The fourth-order valence-electron chi connectivity index (χ4n) is 1.33. The largest absolute Gasteiger partial charge is 0.396 e. The Morgan fingerprint density at radius 3 is 3.00 bits per heavy atom. The van der Waals surface area contributed by atoms with Gasteiger partial charge < -0.3 is 10.8 Å². The molecule has 0 aliphatic heterocycles. The Hall–Kier alpha value is -0.930. The number of nitrogens with zero attached hydrogens (tertiary/aromatic N) is 1. The smallest absolute Gasteiger partial charge is 0.0600 e. The number of rotatable bonds is 4. The molecule has 1 rings (SSSR count). The van der Waals surface area contributed by atoms with Crippen molar-refractivity contribution in [3.63, 3.8) is 0 Å². The molecule has 0 aliphatic carbocycles. The monoisotopic (exact) mass is 180 g/mol. The van der Waals surface area contributed by atoms with Gasteiger partial charge in [-0.3, -0.25) is 4.98 Å². The summed E-state index contributed by atoms with van der Waals surface area (Å²) >= 11 is 0. The van der Waals surface area contributed by atoms with Gasteiger partial charge in [0.2, 0.25) is 0 Å². The van der Waals surface area contributed by atoms with Crippen molar-refractivity contribution < 1.29 is 5.11 Å². The molecule has 0 bridgehead atoms. The van der Waals surface area contributed by atoms with E-state index in [0.717, 1.165) is 24.1 Å². The standard InChI is InChI=1S/C10H16N2O/c1-8-4-2-6-12-10(8)9(11)5-3-7-13/h2,4,6,9,13H,3,5,7,11H2,1H3/t9-/m1/s1. The highest BCUT2D eigenvalue weighted by molar-refractivity contribution is 5.20. The average molecular weight is 180 g/mol. The lowest BCUT2D eigenvalue weighted by Gasteiger charge is -2.12. The molecule has 1 atom stereocenters. The molecule has 3 nitrogen and oxygen atoms in total. The molecule has 0 aromatic carbocycles. The van der Waals surface area contributed by atoms with Crippen molar-refractivity contribution >= 4 is 0 Å². The topological polar surface area (TPSA) is 59.1 Å². The van der Waals surface area contributed by atoms with E-state index in [1.165, 1.54) is 0 Å². The molecule has 0 saturated carbocycles. The summed E-state index contributed by atoms with van der Waals surface area (Å²) in [6, 6.07) is 3.85. The van der Waals surface area contributed by atoms with Gasteiger partial charge in [-0.25, -0.2) is 0 Å². The molecule has 0 spiro atoms. The van der Waals surface area contributed by atoms with Crippen LogP contribution in [0.4, 0.5) is 0 Å². The van der Waals surface area contributed by atoms with Crippen LogP contribution in [-0.2, 0) is 0 Å². The maximum absolute atomic E-state index is 8.66. The Bertz CT molecular complexity index is 263. The number of hydrogen-bond donors (Lipinski definition) is 2. The Balaban J connectivity index is 2.65. The molecular weight excluding hydrogens is 164 g/mol. The minimum absolute atomic E-state index is 0.0478. The van der Waals surface area contributed by atoms with Crippen LogP contribution in [0.25, 0.3) is 0 Å². The number of nitrogens with two attached hydrogens (primary N) is 1. The zero-order valence-corrected chi connectivity index (χ0v) is 7.90. The maximum atomic E-state index is 8.66. The van der Waals surface area contributed by atoms with Crippen LogP contribution >= 0.6 is 0 Å². The summed E-state index contributed by atoms with van der Waals surface area (Å²) in [5, 5.41) is 8.66. The lowest BCUT2D eigenvalue weighted by atomic mass is 10.0. The molecule has 72 valence electrons. The van der Waals surface area contributed by atoms with Gasteiger partial charge >= 0.3 is 0 Å². The molecule has 0 amide bonds. The van der Waals surface area contributed by atoms with Gasteiger partial charge in [-0.1, -0.05) is 6.07 Å². The van der Waals surface area contributed by atoms with Crippen molar-refractivity contribution in [3.8, 4) is 0 Å². The second-order valence-corrected chi connectivity index (χ2v) is 3.18. The fourth-order valence-corrected chi connectivity index (χ4v) is 1.33. The molecule has 3 heteroatoms. The molecule has 0 aliphatic rings. The van der Waals surface area contributed by atoms with Gasteiger partial charge in [-0.2, -0.15) is 0 Å². The molecule has 0 saturated heterocycles. The van der Waals surface area contributed by atoms with Crippen LogP contribution in [0, 0.1) is 6.92 Å².